The number of likely N-dealkylation sites (N-methyl/N-ethyl adjacent to an activating group) is 1. The highest BCUT2D eigenvalue weighted by Gasteiger charge is 2.69. The van der Waals surface area contributed by atoms with Crippen LogP contribution in [0, 0.1) is 17.8 Å². The van der Waals surface area contributed by atoms with Crippen LogP contribution in [-0.2, 0) is 15.0 Å². The molecule has 0 bridgehead atoms. The Labute approximate surface area is 235 Å². The van der Waals surface area contributed by atoms with Crippen molar-refractivity contribution in [2.24, 2.45) is 23.5 Å². The summed E-state index contributed by atoms with van der Waals surface area (Å²) in [5, 5.41) is 58.2. The Balaban J connectivity index is 1.97. The van der Waals surface area contributed by atoms with Crippen LogP contribution in [0.15, 0.2) is 23.5 Å². The van der Waals surface area contributed by atoms with Crippen LogP contribution in [0.4, 0.5) is 0 Å². The van der Waals surface area contributed by atoms with Gasteiger partial charge in [0.25, 0.3) is 0 Å². The zero-order valence-corrected chi connectivity index (χ0v) is 24.3. The number of primary amides is 1. The number of aromatic hydroxyl groups is 1. The van der Waals surface area contributed by atoms with E-state index in [4.69, 9.17) is 5.73 Å². The average Bonchev–Trinajstić information content (AvgIpc) is 2.84. The van der Waals surface area contributed by atoms with Gasteiger partial charge in [-0.15, -0.1) is 0 Å². The number of benzene rings is 1. The summed E-state index contributed by atoms with van der Waals surface area (Å²) in [5.41, 5.74) is 2.60. The van der Waals surface area contributed by atoms with Crippen molar-refractivity contribution in [2.45, 2.75) is 68.8 Å². The van der Waals surface area contributed by atoms with Crippen molar-refractivity contribution in [2.75, 3.05) is 19.4 Å². The van der Waals surface area contributed by atoms with Crippen LogP contribution in [0.2, 0.25) is 0 Å². The molecule has 0 saturated heterocycles. The fraction of sp³-hybridized carbons (Fsp3) is 0.607. The van der Waals surface area contributed by atoms with Gasteiger partial charge in [-0.2, -0.15) is 0 Å². The number of aliphatic hydroxyl groups is 4. The van der Waals surface area contributed by atoms with Gasteiger partial charge >= 0.3 is 0 Å². The third-order valence-electron chi connectivity index (χ3n) is 9.16. The molecule has 11 heteroatoms. The fourth-order valence-corrected chi connectivity index (χ4v) is 7.45. The van der Waals surface area contributed by atoms with Gasteiger partial charge < -0.3 is 36.2 Å². The highest BCUT2D eigenvalue weighted by Crippen LogP contribution is 2.56. The first-order valence-corrected chi connectivity index (χ1v) is 14.2. The van der Waals surface area contributed by atoms with E-state index in [9.17, 15) is 39.9 Å². The van der Waals surface area contributed by atoms with E-state index in [0.717, 1.165) is 11.8 Å². The van der Waals surface area contributed by atoms with Crippen LogP contribution in [0.1, 0.15) is 61.0 Å². The summed E-state index contributed by atoms with van der Waals surface area (Å²) in [5.74, 6) is -9.59. The van der Waals surface area contributed by atoms with Gasteiger partial charge in [-0.3, -0.25) is 14.4 Å². The second-order valence-electron chi connectivity index (χ2n) is 12.0. The van der Waals surface area contributed by atoms with Gasteiger partial charge in [-0.25, -0.2) is 0 Å². The Kier molecular flexibility index (Phi) is 7.57. The minimum Gasteiger partial charge on any atom is -0.508 e. The number of carbonyl (C=O) groups excluding carboxylic acids is 3. The molecule has 3 aliphatic rings. The minimum atomic E-state index is -2.87. The van der Waals surface area contributed by atoms with Gasteiger partial charge in [0.15, 0.2) is 17.2 Å². The first-order chi connectivity index (χ1) is 18.0. The molecule has 0 radical (unpaired) electrons. The quantitative estimate of drug-likeness (QED) is 0.204. The molecule has 2 unspecified atom stereocenters. The predicted molar refractivity (Wildman–Crippen MR) is 146 cm³/mol. The van der Waals surface area contributed by atoms with E-state index in [-0.39, 0.29) is 11.3 Å². The maximum Gasteiger partial charge on any atom is 0.230 e. The number of phenols is 1. The van der Waals surface area contributed by atoms with Gasteiger partial charge in [0.1, 0.15) is 17.4 Å². The lowest BCUT2D eigenvalue weighted by molar-refractivity contribution is -0.194. The van der Waals surface area contributed by atoms with Gasteiger partial charge in [-0.1, -0.05) is 48.8 Å². The molecule has 7 N–H and O–H groups in total. The monoisotopic (exact) mass is 608 g/mol. The van der Waals surface area contributed by atoms with Crippen LogP contribution >= 0.6 is 15.9 Å². The zero-order chi connectivity index (χ0) is 29.4. The van der Waals surface area contributed by atoms with Crippen LogP contribution < -0.4 is 5.73 Å². The van der Waals surface area contributed by atoms with Crippen molar-refractivity contribution in [1.29, 1.82) is 0 Å². The van der Waals surface area contributed by atoms with Crippen molar-refractivity contribution in [3.63, 3.8) is 0 Å². The summed E-state index contributed by atoms with van der Waals surface area (Å²) in [6.45, 7) is 5.62. The molecule has 0 spiro atoms. The number of Topliss-reactive ketones (excluding diaryl/α,β-unsaturated/α-hetero) is 2. The van der Waals surface area contributed by atoms with Crippen molar-refractivity contribution >= 4 is 33.4 Å². The van der Waals surface area contributed by atoms with E-state index in [1.54, 1.807) is 19.1 Å². The Hall–Kier alpha value is -2.31. The Bertz CT molecular complexity index is 1260. The molecule has 1 aromatic carbocycles. The number of carbonyl (C=O) groups is 3. The molecule has 0 aromatic heterocycles. The van der Waals surface area contributed by atoms with E-state index in [0.29, 0.717) is 17.5 Å². The molecule has 39 heavy (non-hydrogen) atoms. The first kappa shape index (κ1) is 29.7. The van der Waals surface area contributed by atoms with Crippen molar-refractivity contribution in [1.82, 2.24) is 4.90 Å². The summed E-state index contributed by atoms with van der Waals surface area (Å²) < 4.78 is 0. The average molecular weight is 610 g/mol. The van der Waals surface area contributed by atoms with Crippen molar-refractivity contribution in [3.8, 4) is 5.75 Å². The number of nitrogens with zero attached hydrogens (tertiary/aromatic N) is 1. The van der Waals surface area contributed by atoms with E-state index < -0.39 is 81.7 Å². The molecular formula is C28H37BrN2O8. The summed E-state index contributed by atoms with van der Waals surface area (Å²) in [6.07, 6.45) is -1.72. The van der Waals surface area contributed by atoms with E-state index in [1.165, 1.54) is 19.0 Å². The number of hydrogen-bond acceptors (Lipinski definition) is 9. The molecule has 8 atom stereocenters. The number of amides is 1. The van der Waals surface area contributed by atoms with E-state index >= 15 is 0 Å². The number of halogens is 1. The number of ketones is 2. The molecule has 0 aliphatic heterocycles. The largest absolute Gasteiger partial charge is 0.508 e. The zero-order valence-electron chi connectivity index (χ0n) is 22.7. The molecule has 1 aromatic rings. The Morgan fingerprint density at radius 2 is 1.77 bits per heavy atom. The Morgan fingerprint density at radius 3 is 2.31 bits per heavy atom. The van der Waals surface area contributed by atoms with E-state index in [1.807, 2.05) is 13.8 Å². The minimum absolute atomic E-state index is 0.0575. The molecular weight excluding hydrogens is 572 g/mol. The SMILES string of the molecule is C[C@H]1c2ccc(C(C)(C)CCCBr)c(O)c2C(=O)C2=C(O)[C@]3(O)C(=O)C(C(N)=O)C(O)[C@@H](N(C)C)[C@@H]3[C@@H](O)[C@@H]21. The molecule has 1 amide bonds. The van der Waals surface area contributed by atoms with Gasteiger partial charge in [0, 0.05) is 34.3 Å². The number of alkyl halides is 1. The lowest BCUT2D eigenvalue weighted by Crippen LogP contribution is -2.74. The molecule has 0 heterocycles. The fourth-order valence-electron chi connectivity index (χ4n) is 7.17. The van der Waals surface area contributed by atoms with Crippen LogP contribution in [-0.4, -0.2) is 91.2 Å². The molecule has 4 rings (SSSR count). The summed E-state index contributed by atoms with van der Waals surface area (Å²) in [4.78, 5) is 41.2. The summed E-state index contributed by atoms with van der Waals surface area (Å²) in [7, 11) is 3.07. The predicted octanol–water partition coefficient (Wildman–Crippen LogP) is 1.27. The summed E-state index contributed by atoms with van der Waals surface area (Å²) in [6, 6.07) is 2.33. The maximum atomic E-state index is 14.0. The maximum absolute atomic E-state index is 14.0. The Morgan fingerprint density at radius 1 is 1.15 bits per heavy atom. The smallest absolute Gasteiger partial charge is 0.230 e. The molecule has 1 fully saturated rings. The lowest BCUT2D eigenvalue weighted by Gasteiger charge is -2.56. The lowest BCUT2D eigenvalue weighted by atomic mass is 9.53. The number of hydrogen-bond donors (Lipinski definition) is 6. The van der Waals surface area contributed by atoms with Gasteiger partial charge in [0.05, 0.1) is 17.8 Å². The normalized spacial score (nSPS) is 34.6. The second-order valence-corrected chi connectivity index (χ2v) is 12.8. The second kappa shape index (κ2) is 9.95. The third kappa shape index (κ3) is 4.08. The number of phenolic OH excluding ortho intramolecular Hbond substituents is 1. The number of fused-ring (bicyclic) bond motifs is 3. The van der Waals surface area contributed by atoms with Gasteiger partial charge in [-0.05, 0) is 43.8 Å². The number of nitrogens with two attached hydrogens (primary N) is 1. The number of aliphatic hydroxyl groups excluding tert-OH is 3. The molecule has 3 aliphatic carbocycles. The topological polar surface area (TPSA) is 182 Å². The van der Waals surface area contributed by atoms with Crippen LogP contribution in [0.5, 0.6) is 5.75 Å². The van der Waals surface area contributed by atoms with Gasteiger partial charge in [0.2, 0.25) is 5.91 Å². The molecule has 214 valence electrons. The van der Waals surface area contributed by atoms with Crippen LogP contribution in [0.25, 0.3) is 0 Å². The highest BCUT2D eigenvalue weighted by atomic mass is 79.9. The van der Waals surface area contributed by atoms with E-state index in [2.05, 4.69) is 15.9 Å². The third-order valence-corrected chi connectivity index (χ3v) is 9.72. The number of rotatable bonds is 6. The van der Waals surface area contributed by atoms with Crippen LogP contribution in [0.3, 0.4) is 0 Å². The standard InChI is InChI=1S/C28H37BrN2O8/c1-11-12-7-8-13(27(2,3)9-6-10-29)20(32)15(12)21(33)16-14(11)22(34)18-19(31(4)5)23(35)17(26(30)38)25(37)28(18,39)24(16)36/h7-8,11,14,17-19,22-23,32,34-36,39H,6,9-10H2,1-5H3,(H2,30,38)/t11-,14+,17?,18+,19-,22-,23?,28-/m0/s1. The summed E-state index contributed by atoms with van der Waals surface area (Å²) >= 11 is 3.42. The van der Waals surface area contributed by atoms with Crippen molar-refractivity contribution in [3.05, 3.63) is 40.2 Å². The highest BCUT2D eigenvalue weighted by molar-refractivity contribution is 9.09. The van der Waals surface area contributed by atoms with Crippen molar-refractivity contribution < 1.29 is 39.9 Å². The molecule has 10 nitrogen and oxygen atoms in total. The molecule has 1 saturated carbocycles. The first-order valence-electron chi connectivity index (χ1n) is 13.0.